The number of hydrogen-bond donors (Lipinski definition) is 1. The Labute approximate surface area is 117 Å². The molecule has 112 valence electrons. The molecule has 0 aliphatic heterocycles. The summed E-state index contributed by atoms with van der Waals surface area (Å²) in [5, 5.41) is 0. The molecule has 1 aromatic heterocycles. The number of aryl methyl sites for hydroxylation is 1. The molecule has 20 heavy (non-hydrogen) atoms. The lowest BCUT2D eigenvalue weighted by atomic mass is 9.74. The third-order valence-electron chi connectivity index (χ3n) is 4.82. The van der Waals surface area contributed by atoms with Crippen LogP contribution in [-0.4, -0.2) is 10.7 Å². The second-order valence-electron chi connectivity index (χ2n) is 7.20. The summed E-state index contributed by atoms with van der Waals surface area (Å²) >= 11 is 0. The van der Waals surface area contributed by atoms with Crippen LogP contribution in [-0.2, 0) is 12.0 Å². The Kier molecular flexibility index (Phi) is 2.67. The molecule has 0 bridgehead atoms. The summed E-state index contributed by atoms with van der Waals surface area (Å²) in [7, 11) is 0. The van der Waals surface area contributed by atoms with Gasteiger partial charge in [0.05, 0.1) is 0 Å². The van der Waals surface area contributed by atoms with Crippen LogP contribution in [0.5, 0.6) is 0 Å². The lowest BCUT2D eigenvalue weighted by Gasteiger charge is -2.36. The second kappa shape index (κ2) is 3.81. The summed E-state index contributed by atoms with van der Waals surface area (Å²) in [5.74, 6) is 0. The molecule has 1 unspecified atom stereocenters. The zero-order valence-electron chi connectivity index (χ0n) is 12.1. The van der Waals surface area contributed by atoms with E-state index >= 15 is 0 Å². The first-order chi connectivity index (χ1) is 9.07. The minimum absolute atomic E-state index is 0.0450. The molecule has 2 aliphatic carbocycles. The summed E-state index contributed by atoms with van der Waals surface area (Å²) in [6.45, 7) is 5.93. The summed E-state index contributed by atoms with van der Waals surface area (Å²) in [4.78, 5) is 0. The Hall–Kier alpha value is -0.970. The first-order valence-corrected chi connectivity index (χ1v) is 7.11. The van der Waals surface area contributed by atoms with Crippen LogP contribution in [0, 0.1) is 12.3 Å². The molecule has 2 nitrogen and oxygen atoms in total. The van der Waals surface area contributed by atoms with Crippen molar-refractivity contribution >= 4 is 0 Å². The maximum atomic E-state index is 13.4. The highest BCUT2D eigenvalue weighted by atomic mass is 19.4. The van der Waals surface area contributed by atoms with Crippen LogP contribution >= 0.6 is 0 Å². The van der Waals surface area contributed by atoms with Gasteiger partial charge in [-0.25, -0.2) is 0 Å². The van der Waals surface area contributed by atoms with Gasteiger partial charge in [-0.15, -0.1) is 0 Å². The van der Waals surface area contributed by atoms with Gasteiger partial charge in [-0.05, 0) is 49.7 Å². The highest BCUT2D eigenvalue weighted by Gasteiger charge is 2.66. The van der Waals surface area contributed by atoms with E-state index in [9.17, 15) is 13.2 Å². The molecule has 3 rings (SSSR count). The van der Waals surface area contributed by atoms with Crippen LogP contribution in [0.3, 0.4) is 0 Å². The molecule has 0 amide bonds. The summed E-state index contributed by atoms with van der Waals surface area (Å²) in [6, 6.07) is 1.71. The molecular weight excluding hydrogens is 265 g/mol. The topological polar surface area (TPSA) is 30.9 Å². The van der Waals surface area contributed by atoms with Crippen LogP contribution in [0.25, 0.3) is 0 Å². The molecule has 1 heterocycles. The van der Waals surface area contributed by atoms with Crippen molar-refractivity contribution < 1.29 is 13.2 Å². The second-order valence-corrected chi connectivity index (χ2v) is 7.20. The van der Waals surface area contributed by atoms with Crippen molar-refractivity contribution in [2.75, 3.05) is 0 Å². The van der Waals surface area contributed by atoms with E-state index in [0.29, 0.717) is 12.1 Å². The molecule has 0 radical (unpaired) electrons. The summed E-state index contributed by atoms with van der Waals surface area (Å²) in [5.41, 5.74) is 6.88. The molecule has 2 aliphatic rings. The van der Waals surface area contributed by atoms with Gasteiger partial charge in [0.25, 0.3) is 0 Å². The van der Waals surface area contributed by atoms with Crippen molar-refractivity contribution in [3.8, 4) is 0 Å². The lowest BCUT2D eigenvalue weighted by molar-refractivity contribution is -0.180. The van der Waals surface area contributed by atoms with E-state index in [1.165, 1.54) is 0 Å². The number of fused-ring (bicyclic) bond motifs is 1. The number of hydrogen-bond acceptors (Lipinski definition) is 1. The molecule has 0 spiro atoms. The highest BCUT2D eigenvalue weighted by Crippen LogP contribution is 2.58. The zero-order chi connectivity index (χ0) is 14.9. The highest BCUT2D eigenvalue weighted by molar-refractivity contribution is 5.37. The number of aromatic nitrogens is 1. The summed E-state index contributed by atoms with van der Waals surface area (Å²) in [6.07, 6.45) is -2.32. The Balaban J connectivity index is 2.16. The van der Waals surface area contributed by atoms with Crippen LogP contribution in [0.4, 0.5) is 13.2 Å². The predicted octanol–water partition coefficient (Wildman–Crippen LogP) is 3.82. The van der Waals surface area contributed by atoms with Crippen molar-refractivity contribution in [2.24, 2.45) is 11.1 Å². The fraction of sp³-hybridized carbons (Fsp3) is 0.733. The SMILES string of the molecule is Cc1cc2c(n1C1(C(F)(F)F)CC1)CC(C)(C)CC2N. The first kappa shape index (κ1) is 14.0. The van der Waals surface area contributed by atoms with Crippen LogP contribution < -0.4 is 5.73 Å². The van der Waals surface area contributed by atoms with Crippen LogP contribution in [0.1, 0.15) is 56.1 Å². The van der Waals surface area contributed by atoms with Crippen LogP contribution in [0.2, 0.25) is 0 Å². The van der Waals surface area contributed by atoms with Gasteiger partial charge in [0.2, 0.25) is 0 Å². The monoisotopic (exact) mass is 286 g/mol. The molecule has 5 heteroatoms. The van der Waals surface area contributed by atoms with Crippen LogP contribution in [0.15, 0.2) is 6.07 Å². The van der Waals surface area contributed by atoms with E-state index in [4.69, 9.17) is 5.73 Å². The zero-order valence-corrected chi connectivity index (χ0v) is 12.1. The normalized spacial score (nSPS) is 27.2. The number of halogens is 3. The molecule has 1 saturated carbocycles. The molecule has 1 aromatic rings. The van der Waals surface area contributed by atoms with E-state index in [0.717, 1.165) is 17.7 Å². The molecule has 1 fully saturated rings. The Morgan fingerprint density at radius 1 is 1.30 bits per heavy atom. The van der Waals surface area contributed by atoms with Gasteiger partial charge in [0.1, 0.15) is 5.54 Å². The molecular formula is C15H21F3N2. The fourth-order valence-corrected chi connectivity index (χ4v) is 3.80. The number of rotatable bonds is 1. The van der Waals surface area contributed by atoms with E-state index in [1.54, 1.807) is 11.5 Å². The largest absolute Gasteiger partial charge is 0.411 e. The predicted molar refractivity (Wildman–Crippen MR) is 71.5 cm³/mol. The number of alkyl halides is 3. The Morgan fingerprint density at radius 2 is 1.90 bits per heavy atom. The fourth-order valence-electron chi connectivity index (χ4n) is 3.80. The average molecular weight is 286 g/mol. The third-order valence-corrected chi connectivity index (χ3v) is 4.82. The Bertz CT molecular complexity index is 550. The van der Waals surface area contributed by atoms with Gasteiger partial charge in [-0.1, -0.05) is 13.8 Å². The van der Waals surface area contributed by atoms with Crippen molar-refractivity contribution in [1.82, 2.24) is 4.57 Å². The van der Waals surface area contributed by atoms with E-state index in [-0.39, 0.29) is 24.3 Å². The van der Waals surface area contributed by atoms with Gasteiger partial charge in [0, 0.05) is 17.4 Å². The molecule has 2 N–H and O–H groups in total. The van der Waals surface area contributed by atoms with E-state index in [1.807, 2.05) is 6.07 Å². The maximum absolute atomic E-state index is 13.4. The first-order valence-electron chi connectivity index (χ1n) is 7.11. The van der Waals surface area contributed by atoms with Gasteiger partial charge >= 0.3 is 6.18 Å². The Morgan fingerprint density at radius 3 is 2.40 bits per heavy atom. The van der Waals surface area contributed by atoms with Crippen molar-refractivity contribution in [3.63, 3.8) is 0 Å². The standard InChI is InChI=1S/C15H21F3N2/c1-9-6-10-11(19)7-13(2,3)8-12(10)20(9)14(4-5-14)15(16,17)18/h6,11H,4-5,7-8,19H2,1-3H3. The lowest BCUT2D eigenvalue weighted by Crippen LogP contribution is -2.39. The van der Waals surface area contributed by atoms with Crippen molar-refractivity contribution in [3.05, 3.63) is 23.0 Å². The minimum Gasteiger partial charge on any atom is -0.334 e. The van der Waals surface area contributed by atoms with Crippen molar-refractivity contribution in [1.29, 1.82) is 0 Å². The van der Waals surface area contributed by atoms with Crippen molar-refractivity contribution in [2.45, 2.75) is 64.2 Å². The van der Waals surface area contributed by atoms with Gasteiger partial charge in [-0.2, -0.15) is 13.2 Å². The number of nitrogens with two attached hydrogens (primary N) is 1. The minimum atomic E-state index is -4.18. The molecule has 1 atom stereocenters. The van der Waals surface area contributed by atoms with E-state index in [2.05, 4.69) is 13.8 Å². The third kappa shape index (κ3) is 1.82. The van der Waals surface area contributed by atoms with Gasteiger partial charge in [-0.3, -0.25) is 0 Å². The maximum Gasteiger partial charge on any atom is 0.411 e. The smallest absolute Gasteiger partial charge is 0.334 e. The van der Waals surface area contributed by atoms with Gasteiger partial charge in [0.15, 0.2) is 0 Å². The van der Waals surface area contributed by atoms with Gasteiger partial charge < -0.3 is 10.3 Å². The average Bonchev–Trinajstić information content (AvgIpc) is 2.97. The summed E-state index contributed by atoms with van der Waals surface area (Å²) < 4.78 is 41.9. The quantitative estimate of drug-likeness (QED) is 0.836. The van der Waals surface area contributed by atoms with E-state index < -0.39 is 11.7 Å². The molecule has 0 saturated heterocycles. The molecule has 0 aromatic carbocycles. The number of nitrogens with zero attached hydrogens (tertiary/aromatic N) is 1.